The number of benzene rings is 1. The second kappa shape index (κ2) is 3.36. The fourth-order valence-electron chi connectivity index (χ4n) is 1.89. The first-order valence-corrected chi connectivity index (χ1v) is 5.26. The summed E-state index contributed by atoms with van der Waals surface area (Å²) in [6.07, 6.45) is 3.67. The second-order valence-corrected chi connectivity index (χ2v) is 4.00. The summed E-state index contributed by atoms with van der Waals surface area (Å²) in [7, 11) is 0. The Hall–Kier alpha value is -2.27. The predicted octanol–water partition coefficient (Wildman–Crippen LogP) is 1.51. The van der Waals surface area contributed by atoms with E-state index in [-0.39, 0.29) is 0 Å². The van der Waals surface area contributed by atoms with Crippen molar-refractivity contribution in [3.05, 3.63) is 47.5 Å². The van der Waals surface area contributed by atoms with E-state index >= 15 is 0 Å². The van der Waals surface area contributed by atoms with Gasteiger partial charge >= 0.3 is 0 Å². The molecule has 0 aliphatic carbocycles. The molecular weight excluding hydrogens is 216 g/mol. The van der Waals surface area contributed by atoms with E-state index < -0.39 is 5.66 Å². The highest BCUT2D eigenvalue weighted by Crippen LogP contribution is 2.34. The van der Waals surface area contributed by atoms with Gasteiger partial charge in [-0.05, 0) is 17.7 Å². The van der Waals surface area contributed by atoms with Crippen LogP contribution in [0.5, 0.6) is 0 Å². The zero-order valence-electron chi connectivity index (χ0n) is 9.05. The summed E-state index contributed by atoms with van der Waals surface area (Å²) in [5.74, 6) is 0.857. The Labute approximate surface area is 98.1 Å². The summed E-state index contributed by atoms with van der Waals surface area (Å²) in [6.45, 7) is 0. The SMILES string of the molecule is Nc1noc2c1C=CC(N)(c1ccccc1)N2. The van der Waals surface area contributed by atoms with Gasteiger partial charge in [0.1, 0.15) is 5.66 Å². The van der Waals surface area contributed by atoms with Crippen LogP contribution in [0.4, 0.5) is 11.7 Å². The van der Waals surface area contributed by atoms with Gasteiger partial charge in [0.05, 0.1) is 5.56 Å². The molecule has 0 bridgehead atoms. The molecule has 0 radical (unpaired) electrons. The highest BCUT2D eigenvalue weighted by atomic mass is 16.5. The number of fused-ring (bicyclic) bond motifs is 1. The minimum atomic E-state index is -0.791. The van der Waals surface area contributed by atoms with Crippen molar-refractivity contribution in [1.29, 1.82) is 0 Å². The first-order chi connectivity index (χ1) is 8.19. The Morgan fingerprint density at radius 3 is 2.76 bits per heavy atom. The van der Waals surface area contributed by atoms with Gasteiger partial charge in [-0.15, -0.1) is 0 Å². The summed E-state index contributed by atoms with van der Waals surface area (Å²) in [6, 6.07) is 9.70. The van der Waals surface area contributed by atoms with Gasteiger partial charge in [0.2, 0.25) is 5.88 Å². The number of nitrogen functional groups attached to an aromatic ring is 1. The topological polar surface area (TPSA) is 90.1 Å². The van der Waals surface area contributed by atoms with Crippen LogP contribution in [-0.2, 0) is 5.66 Å². The Morgan fingerprint density at radius 1 is 1.24 bits per heavy atom. The maximum absolute atomic E-state index is 6.28. The molecule has 5 heteroatoms. The first kappa shape index (κ1) is 9.92. The molecule has 0 fully saturated rings. The van der Waals surface area contributed by atoms with Crippen LogP contribution >= 0.6 is 0 Å². The lowest BCUT2D eigenvalue weighted by atomic mass is 9.96. The smallest absolute Gasteiger partial charge is 0.236 e. The van der Waals surface area contributed by atoms with Crippen LogP contribution in [0, 0.1) is 0 Å². The van der Waals surface area contributed by atoms with Crippen molar-refractivity contribution >= 4 is 17.8 Å². The molecule has 0 spiro atoms. The standard InChI is InChI=1S/C12H12N4O/c13-10-9-6-7-12(14,15-11(9)17-16-10)8-4-2-1-3-5-8/h1-7,15H,14H2,(H2,13,16). The van der Waals surface area contributed by atoms with Crippen LogP contribution in [-0.4, -0.2) is 5.16 Å². The molecule has 5 N–H and O–H groups in total. The molecule has 2 heterocycles. The summed E-state index contributed by atoms with van der Waals surface area (Å²) in [5.41, 5.74) is 12.8. The number of nitrogens with two attached hydrogens (primary N) is 2. The number of anilines is 2. The highest BCUT2D eigenvalue weighted by Gasteiger charge is 2.30. The van der Waals surface area contributed by atoms with Gasteiger partial charge in [0, 0.05) is 0 Å². The molecule has 1 aliphatic rings. The molecule has 1 unspecified atom stereocenters. The van der Waals surface area contributed by atoms with Crippen molar-refractivity contribution < 1.29 is 4.52 Å². The molecule has 5 nitrogen and oxygen atoms in total. The third-order valence-corrected chi connectivity index (χ3v) is 2.84. The average Bonchev–Trinajstić information content (AvgIpc) is 2.71. The molecule has 1 atom stereocenters. The fourth-order valence-corrected chi connectivity index (χ4v) is 1.89. The third kappa shape index (κ3) is 1.48. The Balaban J connectivity index is 2.04. The van der Waals surface area contributed by atoms with E-state index in [1.807, 2.05) is 42.5 Å². The molecule has 86 valence electrons. The maximum Gasteiger partial charge on any atom is 0.236 e. The van der Waals surface area contributed by atoms with Gasteiger partial charge in [-0.1, -0.05) is 35.5 Å². The number of hydrogen-bond donors (Lipinski definition) is 3. The predicted molar refractivity (Wildman–Crippen MR) is 65.9 cm³/mol. The zero-order chi connectivity index (χ0) is 11.9. The molecule has 2 aromatic rings. The minimum Gasteiger partial charge on any atom is -0.380 e. The van der Waals surface area contributed by atoms with E-state index in [1.54, 1.807) is 0 Å². The van der Waals surface area contributed by atoms with Gasteiger partial charge in [-0.25, -0.2) is 0 Å². The van der Waals surface area contributed by atoms with E-state index in [0.29, 0.717) is 11.7 Å². The van der Waals surface area contributed by atoms with Gasteiger partial charge < -0.3 is 21.3 Å². The number of nitrogens with one attached hydrogen (secondary N) is 1. The summed E-state index contributed by atoms with van der Waals surface area (Å²) in [4.78, 5) is 0. The molecule has 1 aromatic heterocycles. The Kier molecular flexibility index (Phi) is 1.96. The third-order valence-electron chi connectivity index (χ3n) is 2.84. The lowest BCUT2D eigenvalue weighted by Gasteiger charge is -2.30. The molecule has 1 aromatic carbocycles. The van der Waals surface area contributed by atoms with Crippen molar-refractivity contribution in [1.82, 2.24) is 5.16 Å². The van der Waals surface area contributed by atoms with E-state index in [4.69, 9.17) is 16.0 Å². The van der Waals surface area contributed by atoms with E-state index in [1.165, 1.54) is 0 Å². The monoisotopic (exact) mass is 228 g/mol. The Morgan fingerprint density at radius 2 is 2.00 bits per heavy atom. The van der Waals surface area contributed by atoms with Crippen molar-refractivity contribution in [3.8, 4) is 0 Å². The average molecular weight is 228 g/mol. The Bertz CT molecular complexity index is 575. The van der Waals surface area contributed by atoms with Crippen molar-refractivity contribution in [2.24, 2.45) is 5.73 Å². The molecule has 17 heavy (non-hydrogen) atoms. The van der Waals surface area contributed by atoms with Crippen molar-refractivity contribution in [3.63, 3.8) is 0 Å². The summed E-state index contributed by atoms with van der Waals surface area (Å²) in [5, 5.41) is 6.78. The lowest BCUT2D eigenvalue weighted by Crippen LogP contribution is -2.43. The molecule has 0 saturated heterocycles. The van der Waals surface area contributed by atoms with Crippen LogP contribution in [0.15, 0.2) is 40.9 Å². The molecule has 0 saturated carbocycles. The summed E-state index contributed by atoms with van der Waals surface area (Å²) >= 11 is 0. The van der Waals surface area contributed by atoms with Crippen LogP contribution < -0.4 is 16.8 Å². The largest absolute Gasteiger partial charge is 0.380 e. The second-order valence-electron chi connectivity index (χ2n) is 4.00. The summed E-state index contributed by atoms with van der Waals surface area (Å²) < 4.78 is 5.09. The van der Waals surface area contributed by atoms with Gasteiger partial charge in [0.25, 0.3) is 0 Å². The van der Waals surface area contributed by atoms with Crippen molar-refractivity contribution in [2.75, 3.05) is 11.1 Å². The van der Waals surface area contributed by atoms with E-state index in [9.17, 15) is 0 Å². The number of aromatic nitrogens is 1. The minimum absolute atomic E-state index is 0.360. The number of nitrogens with zero attached hydrogens (tertiary/aromatic N) is 1. The van der Waals surface area contributed by atoms with Crippen molar-refractivity contribution in [2.45, 2.75) is 5.66 Å². The number of rotatable bonds is 1. The van der Waals surface area contributed by atoms with E-state index in [2.05, 4.69) is 10.5 Å². The highest BCUT2D eigenvalue weighted by molar-refractivity contribution is 5.75. The first-order valence-electron chi connectivity index (χ1n) is 5.26. The zero-order valence-corrected chi connectivity index (χ0v) is 9.05. The van der Waals surface area contributed by atoms with E-state index in [0.717, 1.165) is 11.1 Å². The van der Waals surface area contributed by atoms with Crippen LogP contribution in [0.25, 0.3) is 6.08 Å². The van der Waals surface area contributed by atoms with Crippen LogP contribution in [0.2, 0.25) is 0 Å². The molecule has 3 rings (SSSR count). The van der Waals surface area contributed by atoms with Crippen LogP contribution in [0.1, 0.15) is 11.1 Å². The molecule has 1 aliphatic heterocycles. The van der Waals surface area contributed by atoms with Gasteiger partial charge in [-0.2, -0.15) is 0 Å². The maximum atomic E-state index is 6.28. The molecule has 0 amide bonds. The molecular formula is C12H12N4O. The lowest BCUT2D eigenvalue weighted by molar-refractivity contribution is 0.423. The fraction of sp³-hybridized carbons (Fsp3) is 0.0833. The van der Waals surface area contributed by atoms with Gasteiger partial charge in [-0.3, -0.25) is 0 Å². The van der Waals surface area contributed by atoms with Crippen LogP contribution in [0.3, 0.4) is 0 Å². The van der Waals surface area contributed by atoms with Gasteiger partial charge in [0.15, 0.2) is 5.82 Å². The number of hydrogen-bond acceptors (Lipinski definition) is 5. The quantitative estimate of drug-likeness (QED) is 0.688. The normalized spacial score (nSPS) is 21.9.